The molecule has 0 aliphatic rings. The van der Waals surface area contributed by atoms with Gasteiger partial charge in [-0.05, 0) is 55.8 Å². The summed E-state index contributed by atoms with van der Waals surface area (Å²) in [6, 6.07) is 20.1. The fraction of sp³-hybridized carbons (Fsp3) is 0.143. The maximum atomic E-state index is 13.0. The molecule has 130 valence electrons. The second-order valence-corrected chi connectivity index (χ2v) is 8.15. The average Bonchev–Trinajstić information content (AvgIpc) is 3.29. The molecule has 1 amide bonds. The Bertz CT molecular complexity index is 1050. The highest BCUT2D eigenvalue weighted by atomic mass is 32.1. The number of aryl methyl sites for hydroxylation is 1. The predicted octanol–water partition coefficient (Wildman–Crippen LogP) is 6.00. The van der Waals surface area contributed by atoms with Gasteiger partial charge in [0.05, 0.1) is 20.0 Å². The minimum atomic E-state index is 0.0375. The van der Waals surface area contributed by atoms with E-state index in [0.29, 0.717) is 6.54 Å². The molecule has 0 saturated carbocycles. The standard InChI is InChI=1S/C21H18N2OS2/c1-3-23(15-8-6-7-14(2)13-15)21(24)19-12-11-18(25-19)20-22-16-9-4-5-10-17(16)26-20/h4-13H,3H2,1-2H3. The molecule has 0 bridgehead atoms. The number of para-hydroxylation sites is 1. The number of fused-ring (bicyclic) bond motifs is 1. The lowest BCUT2D eigenvalue weighted by atomic mass is 10.2. The van der Waals surface area contributed by atoms with Crippen molar-refractivity contribution in [2.75, 3.05) is 11.4 Å². The first-order valence-corrected chi connectivity index (χ1v) is 10.1. The molecule has 2 aromatic heterocycles. The van der Waals surface area contributed by atoms with E-state index in [4.69, 9.17) is 4.98 Å². The minimum absolute atomic E-state index is 0.0375. The number of amides is 1. The van der Waals surface area contributed by atoms with Crippen LogP contribution < -0.4 is 4.90 Å². The number of benzene rings is 2. The van der Waals surface area contributed by atoms with Crippen LogP contribution in [0.25, 0.3) is 20.1 Å². The Morgan fingerprint density at radius 2 is 1.88 bits per heavy atom. The smallest absolute Gasteiger partial charge is 0.268 e. The van der Waals surface area contributed by atoms with Gasteiger partial charge in [0, 0.05) is 12.2 Å². The van der Waals surface area contributed by atoms with E-state index in [9.17, 15) is 4.79 Å². The molecule has 0 unspecified atom stereocenters. The molecular formula is C21H18N2OS2. The van der Waals surface area contributed by atoms with Gasteiger partial charge in [0.15, 0.2) is 0 Å². The molecule has 0 aliphatic heterocycles. The van der Waals surface area contributed by atoms with Crippen molar-refractivity contribution in [1.29, 1.82) is 0 Å². The van der Waals surface area contributed by atoms with Crippen molar-refractivity contribution < 1.29 is 4.79 Å². The molecule has 0 radical (unpaired) electrons. The highest BCUT2D eigenvalue weighted by Crippen LogP contribution is 2.35. The van der Waals surface area contributed by atoms with Gasteiger partial charge in [-0.2, -0.15) is 0 Å². The number of carbonyl (C=O) groups is 1. The Balaban J connectivity index is 1.65. The van der Waals surface area contributed by atoms with E-state index < -0.39 is 0 Å². The quantitative estimate of drug-likeness (QED) is 0.436. The van der Waals surface area contributed by atoms with Gasteiger partial charge >= 0.3 is 0 Å². The molecule has 26 heavy (non-hydrogen) atoms. The fourth-order valence-corrected chi connectivity index (χ4v) is 4.89. The van der Waals surface area contributed by atoms with Gasteiger partial charge in [-0.3, -0.25) is 4.79 Å². The van der Waals surface area contributed by atoms with Crippen molar-refractivity contribution in [3.63, 3.8) is 0 Å². The summed E-state index contributed by atoms with van der Waals surface area (Å²) in [5.41, 5.74) is 3.09. The van der Waals surface area contributed by atoms with Gasteiger partial charge < -0.3 is 4.90 Å². The van der Waals surface area contributed by atoms with Gasteiger partial charge in [0.25, 0.3) is 5.91 Å². The van der Waals surface area contributed by atoms with E-state index in [1.807, 2.05) is 73.3 Å². The van der Waals surface area contributed by atoms with Crippen LogP contribution in [-0.2, 0) is 0 Å². The third-order valence-electron chi connectivity index (χ3n) is 4.20. The lowest BCUT2D eigenvalue weighted by molar-refractivity contribution is 0.0992. The first-order valence-electron chi connectivity index (χ1n) is 8.50. The van der Waals surface area contributed by atoms with Crippen LogP contribution in [0.2, 0.25) is 0 Å². The van der Waals surface area contributed by atoms with Gasteiger partial charge in [-0.15, -0.1) is 22.7 Å². The maximum Gasteiger partial charge on any atom is 0.268 e. The summed E-state index contributed by atoms with van der Waals surface area (Å²) < 4.78 is 1.17. The number of aromatic nitrogens is 1. The van der Waals surface area contributed by atoms with Crippen LogP contribution in [0.5, 0.6) is 0 Å². The fourth-order valence-electron chi connectivity index (χ4n) is 2.92. The Morgan fingerprint density at radius 3 is 2.65 bits per heavy atom. The second-order valence-electron chi connectivity index (χ2n) is 6.04. The van der Waals surface area contributed by atoms with Crippen molar-refractivity contribution >= 4 is 44.5 Å². The second kappa shape index (κ2) is 7.02. The van der Waals surface area contributed by atoms with E-state index in [2.05, 4.69) is 6.07 Å². The molecule has 5 heteroatoms. The summed E-state index contributed by atoms with van der Waals surface area (Å²) >= 11 is 3.17. The molecule has 3 nitrogen and oxygen atoms in total. The number of nitrogens with zero attached hydrogens (tertiary/aromatic N) is 2. The van der Waals surface area contributed by atoms with E-state index >= 15 is 0 Å². The molecule has 0 fully saturated rings. The molecule has 0 saturated heterocycles. The van der Waals surface area contributed by atoms with Crippen LogP contribution in [0.3, 0.4) is 0 Å². The van der Waals surface area contributed by atoms with Crippen LogP contribution in [0.15, 0.2) is 60.7 Å². The van der Waals surface area contributed by atoms with Crippen LogP contribution >= 0.6 is 22.7 Å². The monoisotopic (exact) mass is 378 g/mol. The molecule has 4 aromatic rings. The van der Waals surface area contributed by atoms with Gasteiger partial charge in [0.2, 0.25) is 0 Å². The van der Waals surface area contributed by atoms with Gasteiger partial charge in [0.1, 0.15) is 5.01 Å². The number of rotatable bonds is 4. The minimum Gasteiger partial charge on any atom is -0.308 e. The summed E-state index contributed by atoms with van der Waals surface area (Å²) in [7, 11) is 0. The molecule has 2 aromatic carbocycles. The first-order chi connectivity index (χ1) is 12.7. The third-order valence-corrected chi connectivity index (χ3v) is 6.48. The summed E-state index contributed by atoms with van der Waals surface area (Å²) in [5.74, 6) is 0.0375. The molecule has 2 heterocycles. The predicted molar refractivity (Wildman–Crippen MR) is 111 cm³/mol. The topological polar surface area (TPSA) is 33.2 Å². The number of thiazole rings is 1. The Morgan fingerprint density at radius 1 is 1.04 bits per heavy atom. The van der Waals surface area contributed by atoms with Crippen LogP contribution in [0, 0.1) is 6.92 Å². The Hall–Kier alpha value is -2.50. The highest BCUT2D eigenvalue weighted by molar-refractivity contribution is 7.26. The van der Waals surface area contributed by atoms with Crippen molar-refractivity contribution in [2.45, 2.75) is 13.8 Å². The molecule has 0 aliphatic carbocycles. The van der Waals surface area contributed by atoms with Gasteiger partial charge in [-0.25, -0.2) is 4.98 Å². The lowest BCUT2D eigenvalue weighted by Crippen LogP contribution is -2.29. The largest absolute Gasteiger partial charge is 0.308 e. The van der Waals surface area contributed by atoms with E-state index in [1.165, 1.54) is 16.0 Å². The van der Waals surface area contributed by atoms with E-state index in [-0.39, 0.29) is 5.91 Å². The number of thiophene rings is 1. The zero-order valence-corrected chi connectivity index (χ0v) is 16.2. The lowest BCUT2D eigenvalue weighted by Gasteiger charge is -2.20. The van der Waals surface area contributed by atoms with Crippen molar-refractivity contribution in [2.24, 2.45) is 0 Å². The Kier molecular flexibility index (Phi) is 4.57. The summed E-state index contributed by atoms with van der Waals surface area (Å²) in [6.07, 6.45) is 0. The zero-order chi connectivity index (χ0) is 18.1. The summed E-state index contributed by atoms with van der Waals surface area (Å²) in [5, 5.41) is 0.967. The summed E-state index contributed by atoms with van der Waals surface area (Å²) in [6.45, 7) is 4.68. The summed E-state index contributed by atoms with van der Waals surface area (Å²) in [4.78, 5) is 21.3. The van der Waals surface area contributed by atoms with Crippen molar-refractivity contribution in [1.82, 2.24) is 4.98 Å². The Labute approximate surface area is 160 Å². The number of carbonyl (C=O) groups excluding carboxylic acids is 1. The SMILES string of the molecule is CCN(C(=O)c1ccc(-c2nc3ccccc3s2)s1)c1cccc(C)c1. The highest BCUT2D eigenvalue weighted by Gasteiger charge is 2.19. The van der Waals surface area contributed by atoms with Crippen LogP contribution in [0.1, 0.15) is 22.2 Å². The van der Waals surface area contributed by atoms with E-state index in [0.717, 1.165) is 31.5 Å². The molecule has 4 rings (SSSR count). The van der Waals surface area contributed by atoms with Crippen LogP contribution in [0.4, 0.5) is 5.69 Å². The average molecular weight is 379 g/mol. The van der Waals surface area contributed by atoms with Gasteiger partial charge in [-0.1, -0.05) is 24.3 Å². The maximum absolute atomic E-state index is 13.0. The number of anilines is 1. The number of hydrogen-bond donors (Lipinski definition) is 0. The molecule has 0 atom stereocenters. The first kappa shape index (κ1) is 16.9. The number of hydrogen-bond acceptors (Lipinski definition) is 4. The van der Waals surface area contributed by atoms with Crippen molar-refractivity contribution in [3.05, 3.63) is 71.1 Å². The normalized spacial score (nSPS) is 11.0. The molecule has 0 spiro atoms. The van der Waals surface area contributed by atoms with Crippen molar-refractivity contribution in [3.8, 4) is 9.88 Å². The molecule has 0 N–H and O–H groups in total. The zero-order valence-electron chi connectivity index (χ0n) is 14.6. The molecular weight excluding hydrogens is 360 g/mol. The third kappa shape index (κ3) is 3.16. The van der Waals surface area contributed by atoms with Crippen LogP contribution in [-0.4, -0.2) is 17.4 Å². The van der Waals surface area contributed by atoms with E-state index in [1.54, 1.807) is 11.3 Å².